The Morgan fingerprint density at radius 1 is 1.34 bits per heavy atom. The molecule has 1 aliphatic heterocycles. The van der Waals surface area contributed by atoms with Crippen molar-refractivity contribution >= 4 is 37.6 Å². The number of amides is 2. The molecule has 4 N–H and O–H groups in total. The molecule has 1 aromatic carbocycles. The van der Waals surface area contributed by atoms with Gasteiger partial charge in [0.15, 0.2) is 0 Å². The Labute approximate surface area is 221 Å². The lowest BCUT2D eigenvalue weighted by atomic mass is 9.99. The van der Waals surface area contributed by atoms with E-state index in [0.717, 1.165) is 18.4 Å². The first-order chi connectivity index (χ1) is 18.0. The minimum Gasteiger partial charge on any atom is -0.388 e. The van der Waals surface area contributed by atoms with Gasteiger partial charge in [-0.25, -0.2) is 9.37 Å². The summed E-state index contributed by atoms with van der Waals surface area (Å²) in [5, 5.41) is 18.3. The van der Waals surface area contributed by atoms with E-state index in [1.165, 1.54) is 12.1 Å². The fourth-order valence-corrected chi connectivity index (χ4v) is 8.10. The van der Waals surface area contributed by atoms with Gasteiger partial charge in [0.05, 0.1) is 34.6 Å². The van der Waals surface area contributed by atoms with E-state index < -0.39 is 32.3 Å². The summed E-state index contributed by atoms with van der Waals surface area (Å²) in [6, 6.07) is 3.41. The largest absolute Gasteiger partial charge is 0.388 e. The fourth-order valence-electron chi connectivity index (χ4n) is 4.95. The molecule has 3 heterocycles. The quantitative estimate of drug-likeness (QED) is 0.251. The second kappa shape index (κ2) is 9.41. The lowest BCUT2D eigenvalue weighted by Crippen LogP contribution is -2.47. The first kappa shape index (κ1) is 25.7. The van der Waals surface area contributed by atoms with Crippen LogP contribution >= 0.6 is 0 Å². The number of hydrogen-bond acceptors (Lipinski definition) is 6. The fraction of sp³-hybridized carbons (Fsp3) is 0.385. The van der Waals surface area contributed by atoms with E-state index in [0.29, 0.717) is 29.6 Å². The van der Waals surface area contributed by atoms with Crippen molar-refractivity contribution in [2.45, 2.75) is 50.4 Å². The number of rotatable bonds is 6. The van der Waals surface area contributed by atoms with Crippen molar-refractivity contribution in [2.24, 2.45) is 5.73 Å². The predicted molar refractivity (Wildman–Crippen MR) is 142 cm³/mol. The van der Waals surface area contributed by atoms with Crippen LogP contribution in [-0.4, -0.2) is 74.6 Å². The minimum absolute atomic E-state index is 0.0882. The molecule has 2 aromatic heterocycles. The highest BCUT2D eigenvalue weighted by Gasteiger charge is 2.45. The van der Waals surface area contributed by atoms with Gasteiger partial charge in [-0.1, -0.05) is 12.5 Å². The summed E-state index contributed by atoms with van der Waals surface area (Å²) in [5.74, 6) is 4.50. The summed E-state index contributed by atoms with van der Waals surface area (Å²) in [4.78, 5) is 31.0. The maximum Gasteiger partial charge on any atom is 0.255 e. The van der Waals surface area contributed by atoms with E-state index >= 15 is 0 Å². The topological polar surface area (TPSA) is 131 Å². The van der Waals surface area contributed by atoms with E-state index in [2.05, 4.69) is 33.8 Å². The maximum absolute atomic E-state index is 15.0. The first-order valence-electron chi connectivity index (χ1n) is 12.3. The molecule has 1 atom stereocenters. The van der Waals surface area contributed by atoms with Gasteiger partial charge in [-0.3, -0.25) is 13.9 Å². The molecule has 2 aliphatic rings. The lowest BCUT2D eigenvalue weighted by molar-refractivity contribution is -0.130. The summed E-state index contributed by atoms with van der Waals surface area (Å²) in [6.07, 6.45) is 5.38. The Bertz CT molecular complexity index is 1520. The molecule has 1 saturated carbocycles. The van der Waals surface area contributed by atoms with Crippen LogP contribution in [0.3, 0.4) is 0 Å². The number of primary amides is 1. The maximum atomic E-state index is 15.0. The number of nitrogens with zero attached hydrogens (tertiary/aromatic N) is 5. The Morgan fingerprint density at radius 2 is 2.08 bits per heavy atom. The van der Waals surface area contributed by atoms with Crippen LogP contribution in [0.5, 0.6) is 0 Å². The van der Waals surface area contributed by atoms with Gasteiger partial charge in [-0.15, -0.1) is 0 Å². The zero-order chi connectivity index (χ0) is 27.4. The number of benzene rings is 1. The van der Waals surface area contributed by atoms with E-state index in [4.69, 9.17) is 5.73 Å². The Kier molecular flexibility index (Phi) is 6.36. The predicted octanol–water partition coefficient (Wildman–Crippen LogP) is 1.79. The van der Waals surface area contributed by atoms with Crippen molar-refractivity contribution in [1.29, 1.82) is 0 Å². The molecular weight excluding hydrogens is 505 g/mol. The summed E-state index contributed by atoms with van der Waals surface area (Å²) < 4.78 is 18.6. The van der Waals surface area contributed by atoms with Crippen LogP contribution in [-0.2, 0) is 4.79 Å². The summed E-state index contributed by atoms with van der Waals surface area (Å²) in [5.41, 5.74) is 6.25. The van der Waals surface area contributed by atoms with Gasteiger partial charge in [0.1, 0.15) is 22.9 Å². The molecule has 10 nitrogen and oxygen atoms in total. The molecule has 0 spiro atoms. The number of fused-ring (bicyclic) bond motifs is 1. The third-order valence-corrected chi connectivity index (χ3v) is 9.51. The smallest absolute Gasteiger partial charge is 0.255 e. The highest BCUT2D eigenvalue weighted by molar-refractivity contribution is 6.59. The molecule has 5 rings (SSSR count). The van der Waals surface area contributed by atoms with Crippen molar-refractivity contribution in [3.05, 3.63) is 53.8 Å². The van der Waals surface area contributed by atoms with E-state index in [1.54, 1.807) is 42.5 Å². The molecule has 12 heteroatoms. The van der Waals surface area contributed by atoms with Gasteiger partial charge in [0.25, 0.3) is 5.91 Å². The van der Waals surface area contributed by atoms with Crippen LogP contribution in [0.4, 0.5) is 10.2 Å². The molecule has 2 fully saturated rings. The standard InChI is InChI=1S/C26H29FN7O3Si/c1-5-22(35)33-14-38(12-21(33)26(2,3)37)34-25(29-4)23(24(28)36)18(31-34)9-6-15-10-19-20(11-17(15)27)32(13-30-19)16-7-8-16/h5,10-11,13,16,21,29,37H,1,7-8,12,14H2,2-4H3,(H2,28,36)/t21-/m1/s1. The summed E-state index contributed by atoms with van der Waals surface area (Å²) >= 11 is 0. The van der Waals surface area contributed by atoms with Crippen molar-refractivity contribution in [3.8, 4) is 11.8 Å². The highest BCUT2D eigenvalue weighted by atomic mass is 28.3. The van der Waals surface area contributed by atoms with Crippen LogP contribution in [0.15, 0.2) is 31.1 Å². The van der Waals surface area contributed by atoms with Crippen LogP contribution in [0, 0.1) is 17.7 Å². The molecular formula is C26H29FN7O3Si. The first-order valence-corrected chi connectivity index (χ1v) is 14.2. The molecule has 0 bridgehead atoms. The number of halogens is 1. The second-order valence-electron chi connectivity index (χ2n) is 10.2. The summed E-state index contributed by atoms with van der Waals surface area (Å²) in [6.45, 7) is 6.88. The normalized spacial score (nSPS) is 17.9. The zero-order valence-corrected chi connectivity index (χ0v) is 22.5. The van der Waals surface area contributed by atoms with Crippen LogP contribution < -0.4 is 11.1 Å². The third-order valence-electron chi connectivity index (χ3n) is 7.02. The zero-order valence-electron chi connectivity index (χ0n) is 21.5. The molecule has 3 aromatic rings. The number of carbonyl (C=O) groups excluding carboxylic acids is 2. The van der Waals surface area contributed by atoms with Gasteiger partial charge in [0.2, 0.25) is 14.9 Å². The Hall–Kier alpha value is -3.95. The number of aromatic nitrogens is 4. The Balaban J connectivity index is 1.54. The van der Waals surface area contributed by atoms with Gasteiger partial charge < -0.3 is 25.6 Å². The van der Waals surface area contributed by atoms with Crippen LogP contribution in [0.25, 0.3) is 11.0 Å². The van der Waals surface area contributed by atoms with Crippen molar-refractivity contribution in [2.75, 3.05) is 18.5 Å². The Morgan fingerprint density at radius 3 is 2.68 bits per heavy atom. The van der Waals surface area contributed by atoms with E-state index in [1.807, 2.05) is 4.57 Å². The van der Waals surface area contributed by atoms with E-state index in [9.17, 15) is 19.1 Å². The number of imidazole rings is 1. The second-order valence-corrected chi connectivity index (χ2v) is 12.4. The molecule has 1 saturated heterocycles. The van der Waals surface area contributed by atoms with Gasteiger partial charge in [-0.2, -0.15) is 5.10 Å². The van der Waals surface area contributed by atoms with Crippen molar-refractivity contribution in [3.63, 3.8) is 0 Å². The van der Waals surface area contributed by atoms with Crippen molar-refractivity contribution in [1.82, 2.24) is 23.9 Å². The van der Waals surface area contributed by atoms with Crippen LogP contribution in [0.1, 0.15) is 54.3 Å². The lowest BCUT2D eigenvalue weighted by Gasteiger charge is -2.33. The average molecular weight is 535 g/mol. The number of aliphatic hydroxyl groups is 1. The number of anilines is 1. The summed E-state index contributed by atoms with van der Waals surface area (Å²) in [7, 11) is -0.00172. The molecule has 1 radical (unpaired) electrons. The van der Waals surface area contributed by atoms with Gasteiger partial charge >= 0.3 is 0 Å². The molecule has 1 aliphatic carbocycles. The highest BCUT2D eigenvalue weighted by Crippen LogP contribution is 2.37. The molecule has 2 amide bonds. The van der Waals surface area contributed by atoms with E-state index in [-0.39, 0.29) is 22.7 Å². The molecule has 197 valence electrons. The number of carbonyl (C=O) groups is 2. The monoisotopic (exact) mass is 534 g/mol. The van der Waals surface area contributed by atoms with Crippen LogP contribution in [0.2, 0.25) is 6.04 Å². The molecule has 0 unspecified atom stereocenters. The number of nitrogens with two attached hydrogens (primary N) is 1. The SMILES string of the molecule is C=CC(=O)N1C[Si](n2nc(C#Cc3cc4ncn(C5CC5)c4cc3F)c(C(N)=O)c2NC)C[C@@H]1C(C)(C)O. The van der Waals surface area contributed by atoms with Gasteiger partial charge in [0, 0.05) is 25.3 Å². The van der Waals surface area contributed by atoms with Crippen molar-refractivity contribution < 1.29 is 19.1 Å². The number of nitrogens with one attached hydrogen (secondary N) is 1. The average Bonchev–Trinajstić information content (AvgIpc) is 3.30. The minimum atomic E-state index is -1.64. The number of hydrogen-bond donors (Lipinski definition) is 3. The third kappa shape index (κ3) is 4.48. The molecule has 38 heavy (non-hydrogen) atoms. The van der Waals surface area contributed by atoms with Gasteiger partial charge in [-0.05, 0) is 50.8 Å².